The summed E-state index contributed by atoms with van der Waals surface area (Å²) in [5.41, 5.74) is 0. The zero-order chi connectivity index (χ0) is 2.12. The van der Waals surface area contributed by atoms with Crippen molar-refractivity contribution in [2.75, 3.05) is 0 Å². The Balaban J connectivity index is 0. The van der Waals surface area contributed by atoms with Crippen LogP contribution in [0, 0.1) is 0 Å². The molecule has 4 heavy (non-hydrogen) atoms. The van der Waals surface area contributed by atoms with E-state index >= 15 is 0 Å². The summed E-state index contributed by atoms with van der Waals surface area (Å²) in [4.78, 5) is 2.53. The molecule has 1 unspecified atom stereocenters. The third-order valence-corrected chi connectivity index (χ3v) is 0.306. The van der Waals surface area contributed by atoms with Gasteiger partial charge in [-0.3, -0.25) is 0 Å². The van der Waals surface area contributed by atoms with Gasteiger partial charge in [-0.2, -0.15) is 4.92 Å². The van der Waals surface area contributed by atoms with E-state index in [1.165, 1.54) is 0 Å². The molecule has 1 atom stereocenters. The number of hydrogen-bond acceptors (Lipinski definition) is 1. The Kier molecular flexibility index (Phi) is 2.01. The summed E-state index contributed by atoms with van der Waals surface area (Å²) in [5.74, 6) is 0. The van der Waals surface area contributed by atoms with Gasteiger partial charge in [-0.25, -0.2) is 0 Å². The molecule has 4 heteroatoms. The van der Waals surface area contributed by atoms with Gasteiger partial charge in [0, 0.05) is 0 Å². The summed E-state index contributed by atoms with van der Waals surface area (Å²) in [7, 11) is 0.583. The minimum Gasteiger partial charge on any atom is -1.00 e. The first-order valence-corrected chi connectivity index (χ1v) is 1.57. The zero-order valence-corrected chi connectivity index (χ0v) is 3.41. The molecular weight excluding hydrogens is 67.9 g/mol. The molecule has 1 N–H and O–H groups in total. The van der Waals surface area contributed by atoms with Crippen LogP contribution < -0.4 is 18.9 Å². The Morgan fingerprint density at radius 1 is 2.00 bits per heavy atom. The quantitative estimate of drug-likeness (QED) is 0.344. The largest absolute Gasteiger partial charge is 1.00 e. The first-order valence-electron chi connectivity index (χ1n) is 0.658. The topological polar surface area (TPSA) is 28.9 Å². The molecule has 20 valence electrons. The van der Waals surface area contributed by atoms with Crippen molar-refractivity contribution in [3.8, 4) is 0 Å². The molecule has 0 amide bonds. The molecule has 0 radical (unpaired) electrons. The van der Waals surface area contributed by atoms with Crippen LogP contribution in [-0.2, 0) is 0 Å². The van der Waals surface area contributed by atoms with Crippen LogP contribution in [0.4, 0.5) is 0 Å². The van der Waals surface area contributed by atoms with Crippen molar-refractivity contribution in [1.29, 1.82) is 0 Å². The summed E-state index contributed by atoms with van der Waals surface area (Å²) in [6.45, 7) is 0. The predicted octanol–water partition coefficient (Wildman–Crippen LogP) is -2.24. The van der Waals surface area contributed by atoms with Crippen LogP contribution in [0.5, 0.6) is 0 Å². The van der Waals surface area contributed by atoms with Gasteiger partial charge in [0.1, 0.15) is 0 Å². The number of aromatic amines is 1. The summed E-state index contributed by atoms with van der Waals surface area (Å²) < 4.78 is 4.28. The van der Waals surface area contributed by atoms with Crippen molar-refractivity contribution in [2.45, 2.75) is 0 Å². The SMILES string of the molecule is [H-].[Li+].[nH]1o[pH]1. The van der Waals surface area contributed by atoms with Gasteiger partial charge >= 0.3 is 18.9 Å². The fourth-order valence-corrected chi connectivity index (χ4v) is 0. The van der Waals surface area contributed by atoms with Crippen molar-refractivity contribution in [3.63, 3.8) is 0 Å². The monoisotopic (exact) mass is 71.0 g/mol. The van der Waals surface area contributed by atoms with E-state index in [0.717, 1.165) is 0 Å². The van der Waals surface area contributed by atoms with Crippen LogP contribution in [0.15, 0.2) is 4.30 Å². The molecule has 0 aromatic carbocycles. The Labute approximate surface area is 38.8 Å². The van der Waals surface area contributed by atoms with E-state index in [-0.39, 0.29) is 20.3 Å². The fraction of sp³-hybridized carbons (Fsp3) is 0. The molecule has 0 aliphatic rings. The predicted molar refractivity (Wildman–Crippen MR) is 13.7 cm³/mol. The number of hydrogen-bond donors (Lipinski definition) is 1. The van der Waals surface area contributed by atoms with Crippen molar-refractivity contribution < 1.29 is 24.6 Å². The van der Waals surface area contributed by atoms with Crippen LogP contribution in [0.25, 0.3) is 0 Å². The second kappa shape index (κ2) is 1.78. The first kappa shape index (κ1) is 4.50. The molecule has 1 heterocycles. The molecule has 0 aliphatic heterocycles. The summed E-state index contributed by atoms with van der Waals surface area (Å²) >= 11 is 0. The Morgan fingerprint density at radius 2 is 2.25 bits per heavy atom. The van der Waals surface area contributed by atoms with Crippen molar-refractivity contribution in [1.82, 2.24) is 4.92 Å². The number of nitrogens with one attached hydrogen (secondary N) is 1. The summed E-state index contributed by atoms with van der Waals surface area (Å²) in [6.07, 6.45) is 0. The molecule has 0 bridgehead atoms. The van der Waals surface area contributed by atoms with E-state index < -0.39 is 0 Å². The second-order valence-corrected chi connectivity index (χ2v) is 0.919. The minimum atomic E-state index is 0. The van der Waals surface area contributed by atoms with Crippen molar-refractivity contribution >= 4 is 8.59 Å². The third-order valence-electron chi connectivity index (χ3n) is 0.102. The van der Waals surface area contributed by atoms with Gasteiger partial charge in [0.2, 0.25) is 0 Å². The molecule has 0 aliphatic carbocycles. The number of H-pyrrole nitrogens is 1. The number of aromatic nitrogens is 1. The van der Waals surface area contributed by atoms with Gasteiger partial charge < -0.3 is 5.73 Å². The molecule has 0 fully saturated rings. The Hall–Kier alpha value is 0.497. The van der Waals surface area contributed by atoms with Crippen molar-refractivity contribution in [3.05, 3.63) is 0 Å². The van der Waals surface area contributed by atoms with Gasteiger partial charge in [-0.1, -0.05) is 0 Å². The summed E-state index contributed by atoms with van der Waals surface area (Å²) in [5, 5.41) is 0. The summed E-state index contributed by atoms with van der Waals surface area (Å²) in [6, 6.07) is 0. The number of rotatable bonds is 0. The molecule has 0 spiro atoms. The van der Waals surface area contributed by atoms with Crippen LogP contribution in [0.3, 0.4) is 0 Å². The van der Waals surface area contributed by atoms with E-state index in [0.29, 0.717) is 8.59 Å². The third kappa shape index (κ3) is 2.50. The van der Waals surface area contributed by atoms with Crippen LogP contribution >= 0.6 is 8.59 Å². The standard InChI is InChI=1S/Li.H2NOP.H/c;1-2-3-1;/h;1,3H;/q+1;;-1. The van der Waals surface area contributed by atoms with Gasteiger partial charge in [-0.05, 0) is 0 Å². The molecule has 0 saturated heterocycles. The van der Waals surface area contributed by atoms with E-state index in [1.807, 2.05) is 0 Å². The molecule has 0 saturated carbocycles. The second-order valence-electron chi connectivity index (χ2n) is 0.306. The smallest absolute Gasteiger partial charge is 1.00 e. The van der Waals surface area contributed by atoms with Gasteiger partial charge in [0.15, 0.2) is 8.59 Å². The maximum atomic E-state index is 4.28. The van der Waals surface area contributed by atoms with Crippen LogP contribution in [0.1, 0.15) is 1.43 Å². The fourth-order valence-electron chi connectivity index (χ4n) is 0. The zero-order valence-electron chi connectivity index (χ0n) is 3.41. The Bertz CT molecular complexity index is 39.7. The maximum absolute atomic E-state index is 4.28. The average Bonchev–Trinajstić information content (AvgIpc) is 1.46. The van der Waals surface area contributed by atoms with Gasteiger partial charge in [-0.15, -0.1) is 0 Å². The van der Waals surface area contributed by atoms with Crippen molar-refractivity contribution in [2.24, 2.45) is 0 Å². The van der Waals surface area contributed by atoms with Crippen LogP contribution in [-0.4, -0.2) is 4.92 Å². The van der Waals surface area contributed by atoms with E-state index in [4.69, 9.17) is 0 Å². The first-order chi connectivity index (χ1) is 1.50. The van der Waals surface area contributed by atoms with E-state index in [2.05, 4.69) is 9.22 Å². The van der Waals surface area contributed by atoms with Gasteiger partial charge in [0.25, 0.3) is 0 Å². The van der Waals surface area contributed by atoms with E-state index in [9.17, 15) is 0 Å². The Morgan fingerprint density at radius 3 is 2.25 bits per heavy atom. The van der Waals surface area contributed by atoms with E-state index in [1.54, 1.807) is 0 Å². The molecule has 1 aromatic heterocycles. The molecule has 2 nitrogen and oxygen atoms in total. The normalized spacial score (nSPS) is 8.00. The van der Waals surface area contributed by atoms with Crippen LogP contribution in [0.2, 0.25) is 0 Å². The molecule has 1 aromatic rings. The molecular formula is H3LiNOP. The van der Waals surface area contributed by atoms with Gasteiger partial charge in [0.05, 0.1) is 0 Å². The average molecular weight is 70.9 g/mol. The maximum Gasteiger partial charge on any atom is 1.00 e. The molecule has 1 rings (SSSR count). The minimum absolute atomic E-state index is 0.